The molecule has 0 fully saturated rings. The Balaban J connectivity index is 1.99. The Labute approximate surface area is 194 Å². The molecule has 3 aromatic rings. The van der Waals surface area contributed by atoms with Crippen molar-refractivity contribution in [1.29, 1.82) is 0 Å². The van der Waals surface area contributed by atoms with Crippen molar-refractivity contribution in [3.05, 3.63) is 90.6 Å². The number of para-hydroxylation sites is 1. The van der Waals surface area contributed by atoms with Gasteiger partial charge in [0, 0.05) is 5.56 Å². The lowest BCUT2D eigenvalue weighted by Gasteiger charge is -2.26. The molecule has 1 aliphatic rings. The first-order chi connectivity index (χ1) is 15.9. The molecule has 33 heavy (non-hydrogen) atoms. The fourth-order valence-electron chi connectivity index (χ4n) is 3.85. The highest BCUT2D eigenvalue weighted by atomic mass is 32.1. The van der Waals surface area contributed by atoms with Crippen LogP contribution in [0.15, 0.2) is 69.6 Å². The van der Waals surface area contributed by atoms with Gasteiger partial charge in [-0.2, -0.15) is 0 Å². The van der Waals surface area contributed by atoms with Crippen molar-refractivity contribution in [3.8, 4) is 11.5 Å². The monoisotopic (exact) mass is 464 g/mol. The van der Waals surface area contributed by atoms with Gasteiger partial charge in [-0.05, 0) is 50.6 Å². The largest absolute Gasteiger partial charge is 0.508 e. The Hall–Kier alpha value is -3.65. The fourth-order valence-corrected chi connectivity index (χ4v) is 4.89. The van der Waals surface area contributed by atoms with E-state index in [1.807, 2.05) is 31.2 Å². The molecule has 2 heterocycles. The van der Waals surface area contributed by atoms with Gasteiger partial charge in [0.1, 0.15) is 17.5 Å². The van der Waals surface area contributed by atoms with Gasteiger partial charge >= 0.3 is 5.97 Å². The van der Waals surface area contributed by atoms with Crippen molar-refractivity contribution < 1.29 is 19.4 Å². The van der Waals surface area contributed by atoms with Crippen molar-refractivity contribution in [2.24, 2.45) is 4.99 Å². The van der Waals surface area contributed by atoms with Crippen LogP contribution in [0.1, 0.15) is 37.9 Å². The fraction of sp³-hybridized carbons (Fsp3) is 0.240. The minimum atomic E-state index is -0.741. The molecule has 170 valence electrons. The Morgan fingerprint density at radius 2 is 1.97 bits per heavy atom. The summed E-state index contributed by atoms with van der Waals surface area (Å²) < 4.78 is 13.1. The molecular formula is C25H24N2O5S. The maximum Gasteiger partial charge on any atom is 0.338 e. The van der Waals surface area contributed by atoms with E-state index in [1.165, 1.54) is 15.9 Å². The zero-order valence-electron chi connectivity index (χ0n) is 18.6. The topological polar surface area (TPSA) is 90.1 Å². The zero-order valence-corrected chi connectivity index (χ0v) is 19.4. The van der Waals surface area contributed by atoms with Crippen LogP contribution in [-0.2, 0) is 9.53 Å². The van der Waals surface area contributed by atoms with Crippen LogP contribution in [0.3, 0.4) is 0 Å². The summed E-state index contributed by atoms with van der Waals surface area (Å²) in [5.74, 6) is 0.182. The summed E-state index contributed by atoms with van der Waals surface area (Å²) in [5.41, 5.74) is 1.89. The van der Waals surface area contributed by atoms with Crippen molar-refractivity contribution >= 4 is 23.4 Å². The van der Waals surface area contributed by atoms with Crippen LogP contribution in [0.5, 0.6) is 11.5 Å². The molecule has 1 aliphatic heterocycles. The summed E-state index contributed by atoms with van der Waals surface area (Å²) in [5, 5.41) is 9.78. The second-order valence-corrected chi connectivity index (χ2v) is 8.38. The highest BCUT2D eigenvalue weighted by Gasteiger charge is 2.34. The van der Waals surface area contributed by atoms with E-state index in [9.17, 15) is 14.7 Å². The first-order valence-corrected chi connectivity index (χ1v) is 11.5. The van der Waals surface area contributed by atoms with Crippen molar-refractivity contribution in [1.82, 2.24) is 4.57 Å². The quantitative estimate of drug-likeness (QED) is 0.567. The number of benzene rings is 2. The molecule has 8 heteroatoms. The minimum absolute atomic E-state index is 0.112. The molecule has 0 radical (unpaired) electrons. The zero-order chi connectivity index (χ0) is 23.5. The van der Waals surface area contributed by atoms with E-state index in [0.717, 1.165) is 0 Å². The number of aromatic nitrogens is 1. The predicted octanol–water partition coefficient (Wildman–Crippen LogP) is 2.90. The number of esters is 1. The lowest BCUT2D eigenvalue weighted by atomic mass is 9.95. The van der Waals surface area contributed by atoms with Crippen LogP contribution < -0.4 is 19.6 Å². The highest BCUT2D eigenvalue weighted by Crippen LogP contribution is 2.35. The Kier molecular flexibility index (Phi) is 6.46. The van der Waals surface area contributed by atoms with Crippen molar-refractivity contribution in [2.45, 2.75) is 26.8 Å². The van der Waals surface area contributed by atoms with Gasteiger partial charge in [0.15, 0.2) is 4.80 Å². The number of phenolic OH excluding ortho intramolecular Hbond substituents is 1. The number of ether oxygens (including phenoxy) is 2. The first kappa shape index (κ1) is 22.5. The Morgan fingerprint density at radius 1 is 1.18 bits per heavy atom. The van der Waals surface area contributed by atoms with Gasteiger partial charge in [0.25, 0.3) is 5.56 Å². The predicted molar refractivity (Wildman–Crippen MR) is 126 cm³/mol. The molecule has 0 aliphatic carbocycles. The number of hydrogen-bond acceptors (Lipinski definition) is 7. The summed E-state index contributed by atoms with van der Waals surface area (Å²) in [6.07, 6.45) is 1.71. The smallest absolute Gasteiger partial charge is 0.338 e. The summed E-state index contributed by atoms with van der Waals surface area (Å²) in [6.45, 7) is 6.01. The van der Waals surface area contributed by atoms with Crippen LogP contribution in [0.2, 0.25) is 0 Å². The van der Waals surface area contributed by atoms with Crippen LogP contribution in [0, 0.1) is 0 Å². The van der Waals surface area contributed by atoms with E-state index in [2.05, 4.69) is 4.99 Å². The van der Waals surface area contributed by atoms with Gasteiger partial charge in [-0.25, -0.2) is 9.79 Å². The van der Waals surface area contributed by atoms with E-state index in [-0.39, 0.29) is 17.9 Å². The lowest BCUT2D eigenvalue weighted by molar-refractivity contribution is -0.139. The van der Waals surface area contributed by atoms with Crippen LogP contribution in [-0.4, -0.2) is 28.9 Å². The van der Waals surface area contributed by atoms with Crippen LogP contribution >= 0.6 is 11.3 Å². The molecule has 1 atom stereocenters. The molecule has 0 saturated carbocycles. The number of hydrogen-bond donors (Lipinski definition) is 1. The summed E-state index contributed by atoms with van der Waals surface area (Å²) in [4.78, 5) is 31.6. The van der Waals surface area contributed by atoms with Gasteiger partial charge in [0.05, 0.1) is 29.0 Å². The molecule has 0 unspecified atom stereocenters. The van der Waals surface area contributed by atoms with E-state index in [1.54, 1.807) is 44.2 Å². The number of fused-ring (bicyclic) bond motifs is 1. The molecule has 1 aromatic heterocycles. The minimum Gasteiger partial charge on any atom is -0.508 e. The number of carbonyl (C=O) groups excluding carboxylic acids is 1. The maximum absolute atomic E-state index is 13.6. The number of carbonyl (C=O) groups is 1. The molecule has 0 spiro atoms. The summed E-state index contributed by atoms with van der Waals surface area (Å²) in [7, 11) is 0. The van der Waals surface area contributed by atoms with Gasteiger partial charge in [0.2, 0.25) is 0 Å². The molecule has 4 rings (SSSR count). The van der Waals surface area contributed by atoms with Gasteiger partial charge in [-0.3, -0.25) is 9.36 Å². The third-order valence-electron chi connectivity index (χ3n) is 5.20. The van der Waals surface area contributed by atoms with Crippen molar-refractivity contribution in [2.75, 3.05) is 13.2 Å². The average molecular weight is 465 g/mol. The normalized spacial score (nSPS) is 15.7. The van der Waals surface area contributed by atoms with E-state index >= 15 is 0 Å². The van der Waals surface area contributed by atoms with E-state index in [4.69, 9.17) is 9.47 Å². The number of thiazole rings is 1. The maximum atomic E-state index is 13.6. The highest BCUT2D eigenvalue weighted by molar-refractivity contribution is 7.07. The number of allylic oxidation sites excluding steroid dienone is 1. The third-order valence-corrected chi connectivity index (χ3v) is 6.18. The van der Waals surface area contributed by atoms with Gasteiger partial charge in [-0.1, -0.05) is 41.7 Å². The van der Waals surface area contributed by atoms with E-state index in [0.29, 0.717) is 44.1 Å². The van der Waals surface area contributed by atoms with Gasteiger partial charge < -0.3 is 14.6 Å². The van der Waals surface area contributed by atoms with E-state index < -0.39 is 12.0 Å². The van der Waals surface area contributed by atoms with Gasteiger partial charge in [-0.15, -0.1) is 0 Å². The number of rotatable bonds is 6. The SMILES string of the molecule is CCOC(=O)C1=C(C)N=c2s/c(=C\c3cccc(O)c3)c(=O)n2[C@@H]1c1ccccc1OCC. The van der Waals surface area contributed by atoms with Crippen molar-refractivity contribution in [3.63, 3.8) is 0 Å². The molecule has 1 N–H and O–H groups in total. The second-order valence-electron chi connectivity index (χ2n) is 7.37. The lowest BCUT2D eigenvalue weighted by Crippen LogP contribution is -2.40. The number of phenols is 1. The molecule has 0 saturated heterocycles. The standard InChI is InChI=1S/C25H24N2O5S/c1-4-31-19-12-7-6-11-18(19)22-21(24(30)32-5-2)15(3)26-25-27(22)23(29)20(33-25)14-16-9-8-10-17(28)13-16/h6-14,22,28H,4-5H2,1-3H3/b20-14-/t22-/m1/s1. The van der Waals surface area contributed by atoms with Crippen LogP contribution in [0.4, 0.5) is 0 Å². The molecule has 0 bridgehead atoms. The molecule has 0 amide bonds. The van der Waals surface area contributed by atoms with Crippen LogP contribution in [0.25, 0.3) is 6.08 Å². The number of aromatic hydroxyl groups is 1. The Bertz CT molecular complexity index is 1420. The first-order valence-electron chi connectivity index (χ1n) is 10.6. The summed E-state index contributed by atoms with van der Waals surface area (Å²) >= 11 is 1.23. The third kappa shape index (κ3) is 4.34. The second kappa shape index (κ2) is 9.46. The molecule has 2 aromatic carbocycles. The molecule has 7 nitrogen and oxygen atoms in total. The average Bonchev–Trinajstić information content (AvgIpc) is 3.08. The molecular weight excluding hydrogens is 440 g/mol. The summed E-state index contributed by atoms with van der Waals surface area (Å²) in [6, 6.07) is 13.3. The Morgan fingerprint density at radius 3 is 2.70 bits per heavy atom. The number of nitrogens with zero attached hydrogens (tertiary/aromatic N) is 2.